The summed E-state index contributed by atoms with van der Waals surface area (Å²) in [6.07, 6.45) is 0.659. The number of amides is 2. The van der Waals surface area contributed by atoms with E-state index in [0.29, 0.717) is 17.7 Å². The molecule has 2 aromatic carbocycles. The number of nitrogens with zero attached hydrogens (tertiary/aromatic N) is 2. The average molecular weight is 593 g/mol. The molecule has 228 valence electrons. The van der Waals surface area contributed by atoms with E-state index in [2.05, 4.69) is 20.5 Å². The van der Waals surface area contributed by atoms with E-state index in [0.717, 1.165) is 42.4 Å². The van der Waals surface area contributed by atoms with Gasteiger partial charge in [0.2, 0.25) is 5.91 Å². The Bertz CT molecular complexity index is 1490. The summed E-state index contributed by atoms with van der Waals surface area (Å²) in [6.45, 7) is 10.0. The number of aliphatic carboxylic acids is 1. The molecule has 1 saturated heterocycles. The minimum atomic E-state index is -1.40. The quantitative estimate of drug-likeness (QED) is 0.262. The smallest absolute Gasteiger partial charge is 0.305 e. The van der Waals surface area contributed by atoms with E-state index in [1.165, 1.54) is 6.07 Å². The third kappa shape index (κ3) is 8.01. The van der Waals surface area contributed by atoms with Crippen LogP contribution in [0.2, 0.25) is 0 Å². The van der Waals surface area contributed by atoms with Crippen molar-refractivity contribution < 1.29 is 28.3 Å². The first-order valence-electron chi connectivity index (χ1n) is 14.5. The van der Waals surface area contributed by atoms with Crippen LogP contribution in [0.15, 0.2) is 48.5 Å². The molecule has 4 rings (SSSR count). The highest BCUT2D eigenvalue weighted by atomic mass is 19.2. The van der Waals surface area contributed by atoms with Gasteiger partial charge in [0.05, 0.1) is 18.2 Å². The van der Waals surface area contributed by atoms with Crippen LogP contribution < -0.4 is 10.6 Å². The zero-order chi connectivity index (χ0) is 31.3. The summed E-state index contributed by atoms with van der Waals surface area (Å²) in [5.74, 6) is -5.00. The van der Waals surface area contributed by atoms with E-state index in [1.807, 2.05) is 52.0 Å². The molecule has 2 amide bonds. The van der Waals surface area contributed by atoms with Crippen LogP contribution in [0.3, 0.4) is 0 Å². The van der Waals surface area contributed by atoms with E-state index < -0.39 is 47.9 Å². The second-order valence-electron chi connectivity index (χ2n) is 11.6. The molecule has 1 fully saturated rings. The number of hydrogen-bond acceptors (Lipinski definition) is 5. The van der Waals surface area contributed by atoms with Crippen molar-refractivity contribution in [3.63, 3.8) is 0 Å². The first-order valence-corrected chi connectivity index (χ1v) is 14.5. The number of halogens is 2. The summed E-state index contributed by atoms with van der Waals surface area (Å²) < 4.78 is 30.2. The van der Waals surface area contributed by atoms with Gasteiger partial charge in [0, 0.05) is 12.1 Å². The van der Waals surface area contributed by atoms with Gasteiger partial charge in [0.15, 0.2) is 11.6 Å². The lowest BCUT2D eigenvalue weighted by Gasteiger charge is -2.30. The third-order valence-corrected chi connectivity index (χ3v) is 7.60. The maximum absolute atomic E-state index is 15.2. The van der Waals surface area contributed by atoms with Crippen LogP contribution in [0.5, 0.6) is 0 Å². The predicted octanol–water partition coefficient (Wildman–Crippen LogP) is 5.33. The number of pyridine rings is 1. The van der Waals surface area contributed by atoms with Gasteiger partial charge < -0.3 is 15.7 Å². The summed E-state index contributed by atoms with van der Waals surface area (Å²) in [5.41, 5.74) is 3.32. The molecule has 0 bridgehead atoms. The fraction of sp³-hybridized carbons (Fsp3) is 0.394. The lowest BCUT2D eigenvalue weighted by atomic mass is 9.92. The van der Waals surface area contributed by atoms with Crippen molar-refractivity contribution in [1.29, 1.82) is 0 Å². The normalized spacial score (nSPS) is 14.6. The summed E-state index contributed by atoms with van der Waals surface area (Å²) in [6, 6.07) is 10.6. The third-order valence-electron chi connectivity index (χ3n) is 7.60. The van der Waals surface area contributed by atoms with E-state index in [9.17, 15) is 23.9 Å². The lowest BCUT2D eigenvalue weighted by molar-refractivity contribution is -0.137. The summed E-state index contributed by atoms with van der Waals surface area (Å²) >= 11 is 0. The van der Waals surface area contributed by atoms with E-state index >= 15 is 4.39 Å². The van der Waals surface area contributed by atoms with Crippen LogP contribution in [0, 0.1) is 31.4 Å². The van der Waals surface area contributed by atoms with Gasteiger partial charge in [-0.05, 0) is 92.2 Å². The van der Waals surface area contributed by atoms with Crippen LogP contribution in [0.1, 0.15) is 72.0 Å². The Morgan fingerprint density at radius 2 is 1.67 bits per heavy atom. The Morgan fingerprint density at radius 3 is 2.28 bits per heavy atom. The topological polar surface area (TPSA) is 112 Å². The van der Waals surface area contributed by atoms with Crippen molar-refractivity contribution in [2.24, 2.45) is 5.92 Å². The van der Waals surface area contributed by atoms with Crippen LogP contribution in [-0.2, 0) is 16.1 Å². The van der Waals surface area contributed by atoms with Crippen molar-refractivity contribution in [1.82, 2.24) is 20.5 Å². The SMILES string of the molecule is Cc1cccc(C)c1-c1cc(F)c(F)c([C@H](CC(=O)O)NC(=O)[C@H](CC(C)C)NC(=O)c2cccc(CN3CCC3)n2)c1. The van der Waals surface area contributed by atoms with Crippen molar-refractivity contribution in [3.05, 3.63) is 88.2 Å². The Labute approximate surface area is 250 Å². The fourth-order valence-electron chi connectivity index (χ4n) is 5.36. The number of carboxylic acid groups (broad SMARTS) is 1. The highest BCUT2D eigenvalue weighted by Crippen LogP contribution is 2.33. The van der Waals surface area contributed by atoms with Crippen molar-refractivity contribution in [3.8, 4) is 11.1 Å². The second kappa shape index (κ2) is 13.9. The lowest BCUT2D eigenvalue weighted by Crippen LogP contribution is -2.48. The molecule has 0 radical (unpaired) electrons. The molecule has 1 aliphatic heterocycles. The maximum Gasteiger partial charge on any atom is 0.305 e. The molecule has 10 heteroatoms. The Kier molecular flexibility index (Phi) is 10.2. The molecule has 8 nitrogen and oxygen atoms in total. The van der Waals surface area contributed by atoms with Gasteiger partial charge in [0.1, 0.15) is 11.7 Å². The Hall–Kier alpha value is -4.18. The van der Waals surface area contributed by atoms with E-state index in [1.54, 1.807) is 12.1 Å². The predicted molar refractivity (Wildman–Crippen MR) is 159 cm³/mol. The van der Waals surface area contributed by atoms with Gasteiger partial charge in [-0.1, -0.05) is 38.1 Å². The molecule has 43 heavy (non-hydrogen) atoms. The fourth-order valence-corrected chi connectivity index (χ4v) is 5.36. The number of aromatic nitrogens is 1. The highest BCUT2D eigenvalue weighted by molar-refractivity contribution is 5.96. The van der Waals surface area contributed by atoms with Crippen LogP contribution in [0.25, 0.3) is 11.1 Å². The summed E-state index contributed by atoms with van der Waals surface area (Å²) in [5, 5.41) is 14.9. The number of benzene rings is 2. The minimum Gasteiger partial charge on any atom is -0.481 e. The van der Waals surface area contributed by atoms with Gasteiger partial charge >= 0.3 is 5.97 Å². The Balaban J connectivity index is 1.61. The largest absolute Gasteiger partial charge is 0.481 e. The average Bonchev–Trinajstić information content (AvgIpc) is 2.91. The number of carboxylic acids is 1. The maximum atomic E-state index is 15.2. The molecule has 3 aromatic rings. The van der Waals surface area contributed by atoms with E-state index in [-0.39, 0.29) is 23.6 Å². The summed E-state index contributed by atoms with van der Waals surface area (Å²) in [7, 11) is 0. The molecule has 3 N–H and O–H groups in total. The molecule has 2 atom stereocenters. The first kappa shape index (κ1) is 31.7. The molecule has 0 spiro atoms. The Morgan fingerprint density at radius 1 is 1.00 bits per heavy atom. The molecule has 1 aliphatic rings. The van der Waals surface area contributed by atoms with Gasteiger partial charge in [-0.2, -0.15) is 0 Å². The molecular weight excluding hydrogens is 554 g/mol. The molecule has 2 heterocycles. The van der Waals surface area contributed by atoms with Gasteiger partial charge in [-0.15, -0.1) is 0 Å². The number of carbonyl (C=O) groups excluding carboxylic acids is 2. The van der Waals surface area contributed by atoms with Crippen molar-refractivity contribution in [2.45, 2.75) is 65.6 Å². The van der Waals surface area contributed by atoms with Crippen molar-refractivity contribution in [2.75, 3.05) is 13.1 Å². The van der Waals surface area contributed by atoms with Crippen LogP contribution >= 0.6 is 0 Å². The molecule has 0 saturated carbocycles. The number of hydrogen-bond donors (Lipinski definition) is 3. The van der Waals surface area contributed by atoms with Crippen LogP contribution in [0.4, 0.5) is 8.78 Å². The first-order chi connectivity index (χ1) is 20.4. The van der Waals surface area contributed by atoms with Gasteiger partial charge in [-0.3, -0.25) is 19.3 Å². The molecule has 1 aromatic heterocycles. The zero-order valence-electron chi connectivity index (χ0n) is 24.9. The monoisotopic (exact) mass is 592 g/mol. The molecular formula is C33H38F2N4O4. The highest BCUT2D eigenvalue weighted by Gasteiger charge is 2.29. The van der Waals surface area contributed by atoms with Gasteiger partial charge in [-0.25, -0.2) is 13.8 Å². The molecule has 0 unspecified atom stereocenters. The van der Waals surface area contributed by atoms with E-state index in [4.69, 9.17) is 0 Å². The van der Waals surface area contributed by atoms with Gasteiger partial charge in [0.25, 0.3) is 5.91 Å². The number of rotatable bonds is 12. The number of carbonyl (C=O) groups is 3. The number of aryl methyl sites for hydroxylation is 2. The minimum absolute atomic E-state index is 0.0266. The van der Waals surface area contributed by atoms with Crippen LogP contribution in [-0.4, -0.2) is 51.9 Å². The number of nitrogens with one attached hydrogen (secondary N) is 2. The summed E-state index contributed by atoms with van der Waals surface area (Å²) in [4.78, 5) is 45.2. The second-order valence-corrected chi connectivity index (χ2v) is 11.6. The molecule has 0 aliphatic carbocycles. The van der Waals surface area contributed by atoms with Crippen molar-refractivity contribution >= 4 is 17.8 Å². The standard InChI is InChI=1S/C33H38F2N4O4/c1-19(2)14-28(38-32(42)26-11-6-10-23(36-26)18-39-12-7-13-39)33(43)37-27(17-29(40)41)24-15-22(16-25(34)31(24)35)30-20(3)8-5-9-21(30)4/h5-6,8-11,15-16,19,27-28H,7,12-14,17-18H2,1-4H3,(H,37,43)(H,38,42)(H,40,41)/t27-,28-/m0/s1. The zero-order valence-corrected chi connectivity index (χ0v) is 24.9. The number of likely N-dealkylation sites (tertiary alicyclic amines) is 1.